The van der Waals surface area contributed by atoms with Gasteiger partial charge in [-0.15, -0.1) is 11.3 Å². The summed E-state index contributed by atoms with van der Waals surface area (Å²) in [5.74, 6) is 1.87. The monoisotopic (exact) mass is 362 g/mol. The van der Waals surface area contributed by atoms with Crippen LogP contribution in [0.3, 0.4) is 0 Å². The Morgan fingerprint density at radius 3 is 2.77 bits per heavy atom. The van der Waals surface area contributed by atoms with E-state index in [0.29, 0.717) is 6.04 Å². The molecule has 2 saturated heterocycles. The van der Waals surface area contributed by atoms with Crippen LogP contribution in [0.2, 0.25) is 0 Å². The van der Waals surface area contributed by atoms with Crippen LogP contribution < -0.4 is 4.90 Å². The number of hydrogen-bond acceptors (Lipinski definition) is 5. The summed E-state index contributed by atoms with van der Waals surface area (Å²) >= 11 is 1.75. The van der Waals surface area contributed by atoms with Crippen molar-refractivity contribution in [2.75, 3.05) is 24.5 Å². The number of nitrogens with zero attached hydrogens (tertiary/aromatic N) is 4. The lowest BCUT2D eigenvalue weighted by Gasteiger charge is -2.24. The number of rotatable bonds is 4. The van der Waals surface area contributed by atoms with E-state index in [1.54, 1.807) is 11.3 Å². The van der Waals surface area contributed by atoms with Crippen LogP contribution in [0.5, 0.6) is 0 Å². The molecule has 2 unspecified atom stereocenters. The molecule has 2 fully saturated rings. The summed E-state index contributed by atoms with van der Waals surface area (Å²) in [7, 11) is 0. The van der Waals surface area contributed by atoms with Crippen molar-refractivity contribution in [3.05, 3.63) is 65.8 Å². The molecule has 4 nitrogen and oxygen atoms in total. The molecule has 0 bridgehead atoms. The highest BCUT2D eigenvalue weighted by Gasteiger charge is 2.41. The Morgan fingerprint density at radius 1 is 1.04 bits per heavy atom. The molecule has 0 amide bonds. The van der Waals surface area contributed by atoms with Crippen molar-refractivity contribution in [1.82, 2.24) is 14.9 Å². The zero-order valence-electron chi connectivity index (χ0n) is 14.7. The minimum atomic E-state index is 0.624. The molecule has 0 saturated carbocycles. The zero-order valence-corrected chi connectivity index (χ0v) is 15.5. The Labute approximate surface area is 158 Å². The van der Waals surface area contributed by atoms with E-state index < -0.39 is 0 Å². The Morgan fingerprint density at radius 2 is 1.92 bits per heavy atom. The number of likely N-dealkylation sites (tertiary alicyclic amines) is 1. The Hall–Kier alpha value is -2.24. The second-order valence-electron chi connectivity index (χ2n) is 7.19. The van der Waals surface area contributed by atoms with Gasteiger partial charge in [-0.2, -0.15) is 0 Å². The minimum Gasteiger partial charge on any atom is -0.355 e. The molecule has 1 aromatic carbocycles. The number of benzene rings is 1. The van der Waals surface area contributed by atoms with Crippen molar-refractivity contribution >= 4 is 17.2 Å². The van der Waals surface area contributed by atoms with E-state index in [1.807, 2.05) is 12.3 Å². The fourth-order valence-corrected chi connectivity index (χ4v) is 5.09. The van der Waals surface area contributed by atoms with E-state index >= 15 is 0 Å². The Balaban J connectivity index is 1.28. The van der Waals surface area contributed by atoms with Gasteiger partial charge in [-0.05, 0) is 31.0 Å². The Bertz CT molecular complexity index is 864. The van der Waals surface area contributed by atoms with Crippen molar-refractivity contribution in [3.63, 3.8) is 0 Å². The standard InChI is InChI=1S/C21H22N4S/c1-2-6-16(7-3-1)21-23-18(15-26-21)13-24-11-9-17-12-25(14-19(17)24)20-8-4-5-10-22-20/h1-8,10,15,17,19H,9,11-14H2. The highest BCUT2D eigenvalue weighted by Crippen LogP contribution is 2.34. The predicted molar refractivity (Wildman–Crippen MR) is 106 cm³/mol. The maximum Gasteiger partial charge on any atom is 0.128 e. The first-order chi connectivity index (χ1) is 12.9. The molecule has 0 N–H and O–H groups in total. The lowest BCUT2D eigenvalue weighted by Crippen LogP contribution is -2.35. The number of anilines is 1. The SMILES string of the molecule is c1ccc(-c2nc(CN3CCC4CN(c5ccccn5)CC43)cs2)cc1. The molecule has 3 aromatic rings. The van der Waals surface area contributed by atoms with Crippen LogP contribution in [0.1, 0.15) is 12.1 Å². The number of fused-ring (bicyclic) bond motifs is 1. The average molecular weight is 363 g/mol. The number of aromatic nitrogens is 2. The van der Waals surface area contributed by atoms with E-state index in [4.69, 9.17) is 4.98 Å². The summed E-state index contributed by atoms with van der Waals surface area (Å²) in [6.07, 6.45) is 3.17. The summed E-state index contributed by atoms with van der Waals surface area (Å²) in [5.41, 5.74) is 2.41. The second kappa shape index (κ2) is 6.82. The van der Waals surface area contributed by atoms with E-state index in [-0.39, 0.29) is 0 Å². The highest BCUT2D eigenvalue weighted by atomic mass is 32.1. The first-order valence-corrected chi connectivity index (χ1v) is 10.1. The van der Waals surface area contributed by atoms with Crippen molar-refractivity contribution in [2.24, 2.45) is 5.92 Å². The van der Waals surface area contributed by atoms with E-state index in [1.165, 1.54) is 24.2 Å². The van der Waals surface area contributed by atoms with Gasteiger partial charge in [0.2, 0.25) is 0 Å². The quantitative estimate of drug-likeness (QED) is 0.704. The van der Waals surface area contributed by atoms with Gasteiger partial charge in [-0.1, -0.05) is 36.4 Å². The summed E-state index contributed by atoms with van der Waals surface area (Å²) in [6.45, 7) is 4.35. The molecular formula is C21H22N4S. The maximum absolute atomic E-state index is 4.89. The van der Waals surface area contributed by atoms with E-state index in [9.17, 15) is 0 Å². The largest absolute Gasteiger partial charge is 0.355 e. The van der Waals surface area contributed by atoms with Crippen LogP contribution >= 0.6 is 11.3 Å². The first-order valence-electron chi connectivity index (χ1n) is 9.27. The molecule has 5 rings (SSSR count). The molecular weight excluding hydrogens is 340 g/mol. The smallest absolute Gasteiger partial charge is 0.128 e. The summed E-state index contributed by atoms with van der Waals surface area (Å²) in [5, 5.41) is 3.35. The molecule has 0 spiro atoms. The van der Waals surface area contributed by atoms with Gasteiger partial charge in [0.15, 0.2) is 0 Å². The number of pyridine rings is 1. The highest BCUT2D eigenvalue weighted by molar-refractivity contribution is 7.13. The van der Waals surface area contributed by atoms with Crippen LogP contribution in [-0.4, -0.2) is 40.5 Å². The van der Waals surface area contributed by atoms with Crippen LogP contribution in [0.25, 0.3) is 10.6 Å². The average Bonchev–Trinajstić information content (AvgIpc) is 3.41. The number of hydrogen-bond donors (Lipinski definition) is 0. The van der Waals surface area contributed by atoms with Crippen molar-refractivity contribution < 1.29 is 0 Å². The predicted octanol–water partition coefficient (Wildman–Crippen LogP) is 3.92. The Kier molecular flexibility index (Phi) is 4.19. The third-order valence-corrected chi connectivity index (χ3v) is 6.51. The molecule has 0 radical (unpaired) electrons. The third kappa shape index (κ3) is 3.02. The zero-order chi connectivity index (χ0) is 17.3. The van der Waals surface area contributed by atoms with Gasteiger partial charge in [-0.25, -0.2) is 9.97 Å². The van der Waals surface area contributed by atoms with Crippen molar-refractivity contribution in [1.29, 1.82) is 0 Å². The molecule has 2 aromatic heterocycles. The normalized spacial score (nSPS) is 22.7. The van der Waals surface area contributed by atoms with Gasteiger partial charge in [0, 0.05) is 42.8 Å². The summed E-state index contributed by atoms with van der Waals surface area (Å²) < 4.78 is 0. The molecule has 2 aliphatic heterocycles. The molecule has 2 atom stereocenters. The molecule has 5 heteroatoms. The van der Waals surface area contributed by atoms with Crippen LogP contribution in [0, 0.1) is 5.92 Å². The lowest BCUT2D eigenvalue weighted by molar-refractivity contribution is 0.243. The fourth-order valence-electron chi connectivity index (χ4n) is 4.27. The van der Waals surface area contributed by atoms with E-state index in [2.05, 4.69) is 62.6 Å². The van der Waals surface area contributed by atoms with Gasteiger partial charge >= 0.3 is 0 Å². The molecule has 132 valence electrons. The van der Waals surface area contributed by atoms with Crippen molar-refractivity contribution in [3.8, 4) is 10.6 Å². The van der Waals surface area contributed by atoms with Gasteiger partial charge in [-0.3, -0.25) is 4.90 Å². The van der Waals surface area contributed by atoms with Gasteiger partial charge in [0.1, 0.15) is 10.8 Å². The van der Waals surface area contributed by atoms with Crippen molar-refractivity contribution in [2.45, 2.75) is 19.0 Å². The first kappa shape index (κ1) is 16.0. The molecule has 0 aliphatic carbocycles. The molecule has 2 aliphatic rings. The third-order valence-electron chi connectivity index (χ3n) is 5.57. The molecule has 26 heavy (non-hydrogen) atoms. The number of thiazole rings is 1. The fraction of sp³-hybridized carbons (Fsp3) is 0.333. The topological polar surface area (TPSA) is 32.3 Å². The van der Waals surface area contributed by atoms with Gasteiger partial charge < -0.3 is 4.90 Å². The summed E-state index contributed by atoms with van der Waals surface area (Å²) in [4.78, 5) is 14.5. The molecule has 4 heterocycles. The minimum absolute atomic E-state index is 0.624. The van der Waals surface area contributed by atoms with Crippen LogP contribution in [-0.2, 0) is 6.54 Å². The van der Waals surface area contributed by atoms with Crippen LogP contribution in [0.15, 0.2) is 60.1 Å². The van der Waals surface area contributed by atoms with Gasteiger partial charge in [0.25, 0.3) is 0 Å². The van der Waals surface area contributed by atoms with E-state index in [0.717, 1.165) is 36.4 Å². The lowest BCUT2D eigenvalue weighted by atomic mass is 10.1. The summed E-state index contributed by atoms with van der Waals surface area (Å²) in [6, 6.07) is 17.3. The second-order valence-corrected chi connectivity index (χ2v) is 8.05. The van der Waals surface area contributed by atoms with Crippen LogP contribution in [0.4, 0.5) is 5.82 Å². The van der Waals surface area contributed by atoms with Gasteiger partial charge in [0.05, 0.1) is 5.69 Å². The maximum atomic E-state index is 4.89.